The Morgan fingerprint density at radius 1 is 1.05 bits per heavy atom. The Labute approximate surface area is 130 Å². The molecule has 0 amide bonds. The number of hydrogen-bond donors (Lipinski definition) is 2. The van der Waals surface area contributed by atoms with Gasteiger partial charge in [-0.05, 0) is 67.4 Å². The third-order valence-electron chi connectivity index (χ3n) is 2.98. The van der Waals surface area contributed by atoms with Gasteiger partial charge in [0.1, 0.15) is 0 Å². The molecule has 21 heavy (non-hydrogen) atoms. The van der Waals surface area contributed by atoms with Crippen LogP contribution in [0.25, 0.3) is 0 Å². The third-order valence-corrected chi connectivity index (χ3v) is 5.36. The number of anilines is 1. The van der Waals surface area contributed by atoms with Crippen molar-refractivity contribution in [2.75, 3.05) is 5.32 Å². The van der Waals surface area contributed by atoms with Gasteiger partial charge in [-0.25, -0.2) is 13.1 Å². The average molecular weight is 324 g/mol. The topological polar surface area (TPSA) is 58.2 Å². The average Bonchev–Trinajstić information content (AvgIpc) is 2.91. The largest absolute Gasteiger partial charge is 0.378 e. The summed E-state index contributed by atoms with van der Waals surface area (Å²) in [4.78, 5) is 0.282. The first-order valence-electron chi connectivity index (χ1n) is 6.79. The zero-order valence-corrected chi connectivity index (χ0v) is 14.0. The number of thiophene rings is 1. The van der Waals surface area contributed by atoms with Crippen molar-refractivity contribution >= 4 is 27.0 Å². The lowest BCUT2D eigenvalue weighted by Crippen LogP contribution is -2.30. The first-order chi connectivity index (χ1) is 9.88. The van der Waals surface area contributed by atoms with Crippen molar-refractivity contribution in [1.82, 2.24) is 4.72 Å². The summed E-state index contributed by atoms with van der Waals surface area (Å²) in [6.45, 7) is 5.68. The van der Waals surface area contributed by atoms with E-state index < -0.39 is 10.0 Å². The van der Waals surface area contributed by atoms with Crippen molar-refractivity contribution in [2.45, 2.75) is 37.8 Å². The molecule has 2 N–H and O–H groups in total. The molecule has 0 bridgehead atoms. The van der Waals surface area contributed by atoms with Gasteiger partial charge in [-0.2, -0.15) is 11.3 Å². The Morgan fingerprint density at radius 2 is 1.71 bits per heavy atom. The number of sulfonamides is 1. The zero-order valence-electron chi connectivity index (χ0n) is 12.3. The van der Waals surface area contributed by atoms with E-state index in [0.29, 0.717) is 0 Å². The molecule has 2 rings (SSSR count). The zero-order chi connectivity index (χ0) is 15.5. The van der Waals surface area contributed by atoms with E-state index >= 15 is 0 Å². The molecule has 1 unspecified atom stereocenters. The van der Waals surface area contributed by atoms with Crippen LogP contribution < -0.4 is 10.0 Å². The van der Waals surface area contributed by atoms with E-state index in [-0.39, 0.29) is 17.0 Å². The van der Waals surface area contributed by atoms with Gasteiger partial charge in [0.2, 0.25) is 10.0 Å². The highest BCUT2D eigenvalue weighted by atomic mass is 32.2. The van der Waals surface area contributed by atoms with Crippen LogP contribution in [0.2, 0.25) is 0 Å². The number of nitrogens with one attached hydrogen (secondary N) is 2. The van der Waals surface area contributed by atoms with E-state index in [1.807, 2.05) is 5.38 Å². The molecular weight excluding hydrogens is 304 g/mol. The van der Waals surface area contributed by atoms with E-state index in [9.17, 15) is 8.42 Å². The highest BCUT2D eigenvalue weighted by Gasteiger charge is 2.15. The molecule has 0 radical (unpaired) electrons. The van der Waals surface area contributed by atoms with Crippen LogP contribution in [0, 0.1) is 0 Å². The molecule has 0 spiro atoms. The van der Waals surface area contributed by atoms with Crippen molar-refractivity contribution < 1.29 is 8.42 Å². The van der Waals surface area contributed by atoms with Crippen molar-refractivity contribution in [1.29, 1.82) is 0 Å². The van der Waals surface area contributed by atoms with Gasteiger partial charge in [0.25, 0.3) is 0 Å². The van der Waals surface area contributed by atoms with Crippen LogP contribution in [0.4, 0.5) is 5.69 Å². The SMILES string of the molecule is CC(C)NS(=O)(=O)c1ccc(NC(C)c2ccsc2)cc1. The number of hydrogen-bond acceptors (Lipinski definition) is 4. The second-order valence-electron chi connectivity index (χ2n) is 5.22. The molecule has 4 nitrogen and oxygen atoms in total. The Hall–Kier alpha value is -1.37. The molecule has 0 aliphatic heterocycles. The van der Waals surface area contributed by atoms with E-state index in [2.05, 4.69) is 28.4 Å². The van der Waals surface area contributed by atoms with Crippen LogP contribution in [-0.2, 0) is 10.0 Å². The van der Waals surface area contributed by atoms with E-state index in [4.69, 9.17) is 0 Å². The maximum absolute atomic E-state index is 12.0. The van der Waals surface area contributed by atoms with Gasteiger partial charge in [-0.1, -0.05) is 0 Å². The second-order valence-corrected chi connectivity index (χ2v) is 7.72. The molecule has 2 aromatic rings. The summed E-state index contributed by atoms with van der Waals surface area (Å²) < 4.78 is 26.6. The Morgan fingerprint density at radius 3 is 2.24 bits per heavy atom. The summed E-state index contributed by atoms with van der Waals surface area (Å²) >= 11 is 1.66. The minimum atomic E-state index is -3.42. The monoisotopic (exact) mass is 324 g/mol. The molecule has 0 aliphatic carbocycles. The lowest BCUT2D eigenvalue weighted by molar-refractivity contribution is 0.570. The Balaban J connectivity index is 2.09. The minimum absolute atomic E-state index is 0.119. The fourth-order valence-electron chi connectivity index (χ4n) is 1.96. The first kappa shape index (κ1) is 16.0. The maximum atomic E-state index is 12.0. The summed E-state index contributed by atoms with van der Waals surface area (Å²) in [5.74, 6) is 0. The van der Waals surface area contributed by atoms with E-state index in [0.717, 1.165) is 5.69 Å². The highest BCUT2D eigenvalue weighted by molar-refractivity contribution is 7.89. The Kier molecular flexibility index (Phi) is 5.03. The van der Waals surface area contributed by atoms with Crippen LogP contribution in [0.15, 0.2) is 46.0 Å². The molecule has 0 aliphatic rings. The van der Waals surface area contributed by atoms with Gasteiger partial charge in [-0.15, -0.1) is 0 Å². The molecule has 0 saturated heterocycles. The molecular formula is C15H20N2O2S2. The minimum Gasteiger partial charge on any atom is -0.378 e. The Bertz CT molecular complexity index is 662. The lowest BCUT2D eigenvalue weighted by atomic mass is 10.2. The van der Waals surface area contributed by atoms with Gasteiger partial charge >= 0.3 is 0 Å². The van der Waals surface area contributed by atoms with Gasteiger partial charge in [-0.3, -0.25) is 0 Å². The summed E-state index contributed by atoms with van der Waals surface area (Å²) in [6.07, 6.45) is 0. The summed E-state index contributed by atoms with van der Waals surface area (Å²) in [5.41, 5.74) is 2.12. The third kappa shape index (κ3) is 4.30. The van der Waals surface area contributed by atoms with Gasteiger partial charge in [0, 0.05) is 17.8 Å². The second kappa shape index (κ2) is 6.60. The maximum Gasteiger partial charge on any atom is 0.240 e. The molecule has 1 atom stereocenters. The fraction of sp³-hybridized carbons (Fsp3) is 0.333. The van der Waals surface area contributed by atoms with Gasteiger partial charge < -0.3 is 5.32 Å². The normalized spacial score (nSPS) is 13.3. The molecule has 1 heterocycles. The lowest BCUT2D eigenvalue weighted by Gasteiger charge is -2.15. The quantitative estimate of drug-likeness (QED) is 0.853. The predicted octanol–water partition coefficient (Wildman–Crippen LogP) is 3.61. The van der Waals surface area contributed by atoms with E-state index in [1.165, 1.54) is 5.56 Å². The molecule has 1 aromatic carbocycles. The number of rotatable bonds is 6. The summed E-state index contributed by atoms with van der Waals surface area (Å²) in [7, 11) is -3.42. The molecule has 6 heteroatoms. The first-order valence-corrected chi connectivity index (χ1v) is 9.22. The van der Waals surface area contributed by atoms with Crippen LogP contribution in [0.3, 0.4) is 0 Å². The van der Waals surface area contributed by atoms with Gasteiger partial charge in [0.15, 0.2) is 0 Å². The molecule has 0 saturated carbocycles. The summed E-state index contributed by atoms with van der Waals surface area (Å²) in [6, 6.07) is 8.96. The van der Waals surface area contributed by atoms with Crippen LogP contribution in [0.1, 0.15) is 32.4 Å². The fourth-order valence-corrected chi connectivity index (χ4v) is 3.97. The van der Waals surface area contributed by atoms with Crippen molar-refractivity contribution in [3.63, 3.8) is 0 Å². The molecule has 114 valence electrons. The molecule has 0 fully saturated rings. The predicted molar refractivity (Wildman–Crippen MR) is 88.3 cm³/mol. The smallest absolute Gasteiger partial charge is 0.240 e. The van der Waals surface area contributed by atoms with Crippen molar-refractivity contribution in [2.24, 2.45) is 0 Å². The number of benzene rings is 1. The summed E-state index contributed by atoms with van der Waals surface area (Å²) in [5, 5.41) is 7.50. The van der Waals surface area contributed by atoms with Gasteiger partial charge in [0.05, 0.1) is 4.90 Å². The molecule has 1 aromatic heterocycles. The van der Waals surface area contributed by atoms with Crippen LogP contribution in [0.5, 0.6) is 0 Å². The highest BCUT2D eigenvalue weighted by Crippen LogP contribution is 2.22. The standard InChI is InChI=1S/C15H20N2O2S2/c1-11(2)17-21(18,19)15-6-4-14(5-7-15)16-12(3)13-8-9-20-10-13/h4-12,16-17H,1-3H3. The van der Waals surface area contributed by atoms with Crippen molar-refractivity contribution in [3.8, 4) is 0 Å². The van der Waals surface area contributed by atoms with Crippen LogP contribution >= 0.6 is 11.3 Å². The van der Waals surface area contributed by atoms with Crippen LogP contribution in [-0.4, -0.2) is 14.5 Å². The van der Waals surface area contributed by atoms with Crippen molar-refractivity contribution in [3.05, 3.63) is 46.7 Å². The van der Waals surface area contributed by atoms with E-state index in [1.54, 1.807) is 49.4 Å².